The maximum atomic E-state index is 2.81. The first-order valence-electron chi connectivity index (χ1n) is 17.4. The largest absolute Gasteiger partial charge is 0.313 e. The summed E-state index contributed by atoms with van der Waals surface area (Å²) in [5.74, 6) is 0. The summed E-state index contributed by atoms with van der Waals surface area (Å²) in [6.07, 6.45) is 0. The van der Waals surface area contributed by atoms with Gasteiger partial charge in [0, 0.05) is 46.4 Å². The van der Waals surface area contributed by atoms with Crippen LogP contribution in [0.15, 0.2) is 102 Å². The maximum absolute atomic E-state index is 2.81. The number of anilines is 3. The third-order valence-electron chi connectivity index (χ3n) is 12.0. The van der Waals surface area contributed by atoms with Gasteiger partial charge < -0.3 is 4.90 Å². The lowest BCUT2D eigenvalue weighted by molar-refractivity contribution is 1.20. The van der Waals surface area contributed by atoms with Crippen LogP contribution in [0.5, 0.6) is 0 Å². The van der Waals surface area contributed by atoms with Crippen molar-refractivity contribution in [2.45, 2.75) is 70.9 Å². The molecule has 1 nitrogen and oxygen atoms in total. The van der Waals surface area contributed by atoms with Gasteiger partial charge in [-0.05, 0) is 109 Å². The van der Waals surface area contributed by atoms with Crippen molar-refractivity contribution in [1.29, 1.82) is 0 Å². The van der Waals surface area contributed by atoms with Crippen LogP contribution in [-0.2, 0) is 0 Å². The van der Waals surface area contributed by atoms with Gasteiger partial charge in [0.25, 0.3) is 0 Å². The number of fused-ring (bicyclic) bond motifs is 9. The summed E-state index contributed by atoms with van der Waals surface area (Å²) in [4.78, 5) is 11.4. The van der Waals surface area contributed by atoms with E-state index in [4.69, 9.17) is 0 Å². The van der Waals surface area contributed by atoms with E-state index in [1.54, 1.807) is 0 Å². The van der Waals surface area contributed by atoms with Crippen molar-refractivity contribution in [2.75, 3.05) is 4.90 Å². The van der Waals surface area contributed by atoms with Gasteiger partial charge in [-0.15, -0.1) is 0 Å². The van der Waals surface area contributed by atoms with Gasteiger partial charge in [-0.25, -0.2) is 0 Å². The highest BCUT2D eigenvalue weighted by Gasteiger charge is 2.55. The zero-order chi connectivity index (χ0) is 32.8. The summed E-state index contributed by atoms with van der Waals surface area (Å²) >= 11 is 6.01. The van der Waals surface area contributed by atoms with Crippen LogP contribution >= 0.6 is 35.3 Å². The Hall–Kier alpha value is -3.64. The van der Waals surface area contributed by atoms with E-state index in [2.05, 4.69) is 119 Å². The second-order valence-electron chi connectivity index (χ2n) is 15.2. The quantitative estimate of drug-likeness (QED) is 0.211. The lowest BCUT2D eigenvalue weighted by atomic mass is 9.26. The van der Waals surface area contributed by atoms with Gasteiger partial charge >= 0.3 is 0 Å². The number of rotatable bonds is 0. The zero-order valence-corrected chi connectivity index (χ0v) is 30.8. The highest BCUT2D eigenvalue weighted by atomic mass is 32.2. The van der Waals surface area contributed by atoms with Gasteiger partial charge in [0.1, 0.15) is 0 Å². The molecule has 0 amide bonds. The molecule has 0 N–H and O–H groups in total. The molecule has 0 aromatic heterocycles. The molecule has 0 aliphatic carbocycles. The Kier molecular flexibility index (Phi) is 5.26. The molecular formula is C42H30B3NS3. The summed E-state index contributed by atoms with van der Waals surface area (Å²) in [6, 6.07) is 29.3. The Morgan fingerprint density at radius 3 is 1.00 bits per heavy atom. The van der Waals surface area contributed by atoms with E-state index >= 15 is 0 Å². The molecule has 6 aromatic rings. The van der Waals surface area contributed by atoms with Crippen LogP contribution in [0.2, 0.25) is 0 Å². The standard InChI is InChI=1S/C42H30B3NS3/c1-19-7-10-31-25(13-19)43-28-16-22(4)41-35-37(28)46-38-29(17-23(5)40(47-31)34(38)43)44-26-14-20(2)8-11-32(26)49-42-24(6)18-30(39(46)36(42)44)45(35)27-15-21(3)9-12-33(27)48-41/h7-18H,1-6H3. The van der Waals surface area contributed by atoms with Gasteiger partial charge in [-0.2, -0.15) is 0 Å². The van der Waals surface area contributed by atoms with E-state index in [0.717, 1.165) is 0 Å². The van der Waals surface area contributed by atoms with E-state index in [9.17, 15) is 0 Å². The molecule has 7 heteroatoms. The van der Waals surface area contributed by atoms with Crippen LogP contribution in [0.4, 0.5) is 17.1 Å². The third-order valence-corrected chi connectivity index (χ3v) is 16.1. The molecule has 6 heterocycles. The molecule has 0 saturated heterocycles. The Morgan fingerprint density at radius 1 is 0.388 bits per heavy atom. The Morgan fingerprint density at radius 2 is 0.694 bits per heavy atom. The number of hydrogen-bond donors (Lipinski definition) is 0. The van der Waals surface area contributed by atoms with Crippen LogP contribution in [0.1, 0.15) is 33.4 Å². The second-order valence-corrected chi connectivity index (χ2v) is 18.3. The Labute approximate surface area is 301 Å². The Balaban J connectivity index is 1.31. The lowest BCUT2D eigenvalue weighted by Crippen LogP contribution is -2.73. The normalized spacial score (nSPS) is 15.6. The summed E-state index contributed by atoms with van der Waals surface area (Å²) in [5.41, 5.74) is 26.2. The lowest BCUT2D eigenvalue weighted by Gasteiger charge is -2.53. The fourth-order valence-corrected chi connectivity index (χ4v) is 13.8. The first kappa shape index (κ1) is 28.1. The van der Waals surface area contributed by atoms with Crippen LogP contribution in [0.3, 0.4) is 0 Å². The molecule has 0 fully saturated rings. The van der Waals surface area contributed by atoms with Crippen molar-refractivity contribution < 1.29 is 0 Å². The van der Waals surface area contributed by atoms with Crippen LogP contribution in [0.25, 0.3) is 0 Å². The smallest absolute Gasteiger partial charge is 0.249 e. The van der Waals surface area contributed by atoms with E-state index < -0.39 is 0 Å². The summed E-state index contributed by atoms with van der Waals surface area (Å²) in [6.45, 7) is 14.5. The number of nitrogens with zero attached hydrogens (tertiary/aromatic N) is 1. The first-order chi connectivity index (χ1) is 23.8. The SMILES string of the molecule is Cc1ccc2c(c1)B1c3cc(C)c4c5c3N3c6c(cc(C)c(c61)S2)B1c2cc(C)ccc2Sc2c(C)cc(c3c21)B5c1cc(C)ccc1S4. The molecule has 49 heavy (non-hydrogen) atoms. The molecule has 6 aliphatic heterocycles. The predicted molar refractivity (Wildman–Crippen MR) is 215 cm³/mol. The predicted octanol–water partition coefficient (Wildman–Crippen LogP) is 4.89. The molecule has 0 saturated carbocycles. The summed E-state index contributed by atoms with van der Waals surface area (Å²) in [7, 11) is 0. The fraction of sp³-hybridized carbons (Fsp3) is 0.143. The highest BCUT2D eigenvalue weighted by Crippen LogP contribution is 2.49. The molecule has 0 spiro atoms. The number of benzene rings is 6. The van der Waals surface area contributed by atoms with Crippen molar-refractivity contribution >= 4 is 122 Å². The van der Waals surface area contributed by atoms with Gasteiger partial charge in [0.05, 0.1) is 0 Å². The monoisotopic (exact) mass is 677 g/mol. The minimum Gasteiger partial charge on any atom is -0.313 e. The molecule has 6 aromatic carbocycles. The van der Waals surface area contributed by atoms with E-state index in [1.165, 1.54) is 129 Å². The molecule has 230 valence electrons. The van der Waals surface area contributed by atoms with E-state index in [1.807, 2.05) is 35.3 Å². The zero-order valence-electron chi connectivity index (χ0n) is 28.3. The van der Waals surface area contributed by atoms with Crippen molar-refractivity contribution in [3.05, 3.63) is 106 Å². The first-order valence-corrected chi connectivity index (χ1v) is 19.9. The fourth-order valence-electron chi connectivity index (χ4n) is 10.2. The molecule has 12 rings (SSSR count). The summed E-state index contributed by atoms with van der Waals surface area (Å²) in [5, 5.41) is 0. The molecule has 0 unspecified atom stereocenters. The Bertz CT molecular complexity index is 2360. The number of hydrogen-bond acceptors (Lipinski definition) is 4. The van der Waals surface area contributed by atoms with Crippen molar-refractivity contribution in [3.8, 4) is 0 Å². The van der Waals surface area contributed by atoms with Gasteiger partial charge in [-0.3, -0.25) is 0 Å². The minimum absolute atomic E-state index is 0.211. The molecule has 0 atom stereocenters. The molecular weight excluding hydrogens is 647 g/mol. The van der Waals surface area contributed by atoms with Crippen molar-refractivity contribution in [1.82, 2.24) is 0 Å². The molecule has 6 aliphatic rings. The van der Waals surface area contributed by atoms with Gasteiger partial charge in [0.15, 0.2) is 0 Å². The third kappa shape index (κ3) is 3.30. The maximum Gasteiger partial charge on any atom is 0.249 e. The second kappa shape index (κ2) is 9.17. The van der Waals surface area contributed by atoms with Crippen LogP contribution < -0.4 is 54.1 Å². The van der Waals surface area contributed by atoms with E-state index in [-0.39, 0.29) is 20.1 Å². The average Bonchev–Trinajstić information content (AvgIpc) is 3.08. The van der Waals surface area contributed by atoms with Crippen molar-refractivity contribution in [3.63, 3.8) is 0 Å². The minimum atomic E-state index is 0.211. The molecule has 0 radical (unpaired) electrons. The number of aryl methyl sites for hydroxylation is 6. The molecule has 0 bridgehead atoms. The topological polar surface area (TPSA) is 3.24 Å². The van der Waals surface area contributed by atoms with Gasteiger partial charge in [0.2, 0.25) is 20.1 Å². The van der Waals surface area contributed by atoms with Crippen molar-refractivity contribution in [2.24, 2.45) is 0 Å². The average molecular weight is 677 g/mol. The van der Waals surface area contributed by atoms with E-state index in [0.29, 0.717) is 0 Å². The van der Waals surface area contributed by atoms with Crippen LogP contribution in [-0.4, -0.2) is 20.1 Å². The van der Waals surface area contributed by atoms with Gasteiger partial charge in [-0.1, -0.05) is 123 Å². The summed E-state index contributed by atoms with van der Waals surface area (Å²) < 4.78 is 0. The van der Waals surface area contributed by atoms with Crippen LogP contribution in [0, 0.1) is 41.5 Å². The highest BCUT2D eigenvalue weighted by molar-refractivity contribution is 8.00.